The molecular formula is C7H13GaO2. The zero-order valence-electron chi connectivity index (χ0n) is 6.97. The van der Waals surface area contributed by atoms with E-state index in [0.29, 0.717) is 0 Å². The summed E-state index contributed by atoms with van der Waals surface area (Å²) in [5.74, 6) is -0.375. The molecule has 0 bridgehead atoms. The molecule has 0 aromatic rings. The van der Waals surface area contributed by atoms with Crippen molar-refractivity contribution in [3.05, 3.63) is 21.3 Å². The molecule has 0 N–H and O–H groups in total. The molecule has 0 aliphatic rings. The number of carbonyl (C=O) groups excluding carboxylic acids is 2. The van der Waals surface area contributed by atoms with E-state index < -0.39 is 0 Å². The third-order valence-electron chi connectivity index (χ3n) is 0.407. The Kier molecular flexibility index (Phi) is 26.2. The van der Waals surface area contributed by atoms with Crippen LogP contribution in [0, 0.1) is 21.3 Å². The van der Waals surface area contributed by atoms with Crippen LogP contribution in [0.1, 0.15) is 13.8 Å². The van der Waals surface area contributed by atoms with Crippen LogP contribution in [0.25, 0.3) is 0 Å². The molecule has 0 fully saturated rings. The van der Waals surface area contributed by atoms with Crippen LogP contribution in [-0.4, -0.2) is 31.4 Å². The number of rotatable bonds is 2. The fourth-order valence-corrected chi connectivity index (χ4v) is 0.286. The molecule has 0 heterocycles. The summed E-state index contributed by atoms with van der Waals surface area (Å²) in [6, 6.07) is 0. The van der Waals surface area contributed by atoms with Crippen LogP contribution < -0.4 is 0 Å². The summed E-state index contributed by atoms with van der Waals surface area (Å²) in [5, 5.41) is 0. The molecule has 0 aliphatic heterocycles. The molecule has 0 saturated carbocycles. The number of carbonyl (C=O) groups is 2. The van der Waals surface area contributed by atoms with Gasteiger partial charge in [0.2, 0.25) is 0 Å². The normalized spacial score (nSPS) is 5.40. The third-order valence-corrected chi connectivity index (χ3v) is 0.407. The van der Waals surface area contributed by atoms with Gasteiger partial charge in [0.1, 0.15) is 0 Å². The van der Waals surface area contributed by atoms with E-state index in [9.17, 15) is 9.59 Å². The number of hydrogen-bond acceptors (Lipinski definition) is 2. The van der Waals surface area contributed by atoms with Gasteiger partial charge >= 0.3 is 19.8 Å². The maximum atomic E-state index is 9.98. The minimum atomic E-state index is -0.187. The Hall–Kier alpha value is -0.154. The molecule has 10 heavy (non-hydrogen) atoms. The van der Waals surface area contributed by atoms with E-state index in [0.717, 1.165) is 6.42 Å². The van der Waals surface area contributed by atoms with Gasteiger partial charge in [0.15, 0.2) is 0 Å². The molecule has 0 radical (unpaired) electrons. The predicted octanol–water partition coefficient (Wildman–Crippen LogP) is 0.888. The first-order chi connectivity index (χ1) is 3.13. The zero-order chi connectivity index (χ0) is 5.86. The van der Waals surface area contributed by atoms with E-state index in [-0.39, 0.29) is 46.2 Å². The van der Waals surface area contributed by atoms with Gasteiger partial charge in [0, 0.05) is 11.6 Å². The van der Waals surface area contributed by atoms with E-state index in [2.05, 4.69) is 0 Å². The second-order valence-corrected chi connectivity index (χ2v) is 1.37. The van der Waals surface area contributed by atoms with Gasteiger partial charge in [-0.2, -0.15) is 0 Å². The Labute approximate surface area is 76.4 Å². The summed E-state index contributed by atoms with van der Waals surface area (Å²) in [6.07, 6.45) is 1.06. The molecular weight excluding hydrogens is 186 g/mol. The van der Waals surface area contributed by atoms with Crippen molar-refractivity contribution in [1.29, 1.82) is 0 Å². The van der Waals surface area contributed by atoms with Crippen molar-refractivity contribution in [2.75, 3.05) is 0 Å². The average Bonchev–Trinajstić information content (AvgIpc) is 1.27. The van der Waals surface area contributed by atoms with Gasteiger partial charge in [-0.15, -0.1) is 0 Å². The molecule has 0 aliphatic carbocycles. The summed E-state index contributed by atoms with van der Waals surface area (Å²) in [7, 11) is 0. The van der Waals surface area contributed by atoms with Gasteiger partial charge in [-0.25, -0.2) is 0 Å². The van der Waals surface area contributed by atoms with Crippen molar-refractivity contribution in [1.82, 2.24) is 0 Å². The van der Waals surface area contributed by atoms with Crippen molar-refractivity contribution in [2.45, 2.75) is 13.8 Å². The third kappa shape index (κ3) is 24.9. The molecule has 2 nitrogen and oxygen atoms in total. The molecule has 3 heteroatoms. The summed E-state index contributed by atoms with van der Waals surface area (Å²) in [6.45, 7) is 2.70. The Balaban J connectivity index is -0.0000000600. The summed E-state index contributed by atoms with van der Waals surface area (Å²) in [5.41, 5.74) is 0. The molecule has 56 valence electrons. The largest absolute Gasteiger partial charge is 3.00 e. The smallest absolute Gasteiger partial charge is 0.358 e. The molecule has 0 saturated heterocycles. The zero-order valence-corrected chi connectivity index (χ0v) is 9.39. The Morgan fingerprint density at radius 3 is 1.20 bits per heavy atom. The number of hydrogen-bond donors (Lipinski definition) is 0. The molecule has 0 amide bonds. The molecule has 0 aromatic carbocycles. The number of ketones is 2. The monoisotopic (exact) mass is 198 g/mol. The van der Waals surface area contributed by atoms with Crippen molar-refractivity contribution in [3.63, 3.8) is 0 Å². The first-order valence-corrected chi connectivity index (χ1v) is 1.99. The average molecular weight is 199 g/mol. The summed E-state index contributed by atoms with van der Waals surface area (Å²) >= 11 is 0. The van der Waals surface area contributed by atoms with Crippen LogP contribution in [-0.2, 0) is 9.59 Å². The first kappa shape index (κ1) is 22.5. The Morgan fingerprint density at radius 2 is 1.20 bits per heavy atom. The van der Waals surface area contributed by atoms with E-state index in [1.165, 1.54) is 13.8 Å². The molecule has 0 aromatic heterocycles. The van der Waals surface area contributed by atoms with E-state index in [1.54, 1.807) is 0 Å². The quantitative estimate of drug-likeness (QED) is 0.376. The van der Waals surface area contributed by atoms with Crippen molar-refractivity contribution in [2.24, 2.45) is 0 Å². The van der Waals surface area contributed by atoms with Crippen LogP contribution >= 0.6 is 0 Å². The van der Waals surface area contributed by atoms with Gasteiger partial charge in [0.25, 0.3) is 0 Å². The maximum Gasteiger partial charge on any atom is 3.00 e. The van der Waals surface area contributed by atoms with Gasteiger partial charge in [0.05, 0.1) is 0 Å². The van der Waals surface area contributed by atoms with Crippen molar-refractivity contribution >= 4 is 31.4 Å². The van der Waals surface area contributed by atoms with Gasteiger partial charge in [-0.3, -0.25) is 6.42 Å². The van der Waals surface area contributed by atoms with Crippen molar-refractivity contribution < 1.29 is 9.59 Å². The second kappa shape index (κ2) is 11.6. The van der Waals surface area contributed by atoms with E-state index >= 15 is 0 Å². The van der Waals surface area contributed by atoms with Crippen LogP contribution in [0.15, 0.2) is 0 Å². The fraction of sp³-hybridized carbons (Fsp3) is 0.286. The second-order valence-electron chi connectivity index (χ2n) is 1.37. The van der Waals surface area contributed by atoms with Gasteiger partial charge < -0.3 is 24.4 Å². The predicted molar refractivity (Wildman–Crippen MR) is 44.2 cm³/mol. The van der Waals surface area contributed by atoms with Crippen LogP contribution in [0.3, 0.4) is 0 Å². The topological polar surface area (TPSA) is 34.1 Å². The SMILES string of the molecule is CC(=O)[CH-]C(C)=O.[CH3-].[CH3-].[Ga+3]. The molecule has 0 unspecified atom stereocenters. The Morgan fingerprint density at radius 1 is 1.00 bits per heavy atom. The summed E-state index contributed by atoms with van der Waals surface area (Å²) in [4.78, 5) is 20.0. The number of Topliss-reactive ketones (excluding diaryl/α,β-unsaturated/α-hetero) is 2. The van der Waals surface area contributed by atoms with E-state index in [1.807, 2.05) is 0 Å². The van der Waals surface area contributed by atoms with Crippen LogP contribution in [0.5, 0.6) is 0 Å². The summed E-state index contributed by atoms with van der Waals surface area (Å²) < 4.78 is 0. The maximum absolute atomic E-state index is 9.98. The molecule has 0 spiro atoms. The van der Waals surface area contributed by atoms with E-state index in [4.69, 9.17) is 0 Å². The minimum Gasteiger partial charge on any atom is -0.358 e. The molecule has 0 rings (SSSR count). The van der Waals surface area contributed by atoms with Gasteiger partial charge in [-0.1, -0.05) is 0 Å². The minimum absolute atomic E-state index is 0. The van der Waals surface area contributed by atoms with Gasteiger partial charge in [-0.05, 0) is 13.8 Å². The first-order valence-electron chi connectivity index (χ1n) is 1.99. The molecule has 0 atom stereocenters. The Bertz CT molecular complexity index is 87.8. The van der Waals surface area contributed by atoms with Crippen LogP contribution in [0.4, 0.5) is 0 Å². The van der Waals surface area contributed by atoms with Crippen LogP contribution in [0.2, 0.25) is 0 Å². The standard InChI is InChI=1S/C5H7O2.2CH3.Ga/c1-4(6)3-5(2)7;;;/h3H,1-2H3;2*1H3;/q3*-1;+3. The van der Waals surface area contributed by atoms with Crippen molar-refractivity contribution in [3.8, 4) is 0 Å². The fourth-order valence-electron chi connectivity index (χ4n) is 0.286.